The van der Waals surface area contributed by atoms with Gasteiger partial charge in [0.25, 0.3) is 0 Å². The second kappa shape index (κ2) is 10.9. The van der Waals surface area contributed by atoms with Gasteiger partial charge in [0, 0.05) is 39.2 Å². The molecule has 11 heteroatoms. The van der Waals surface area contributed by atoms with E-state index in [4.69, 9.17) is 4.98 Å². The van der Waals surface area contributed by atoms with Crippen LogP contribution in [-0.4, -0.2) is 54.1 Å². The summed E-state index contributed by atoms with van der Waals surface area (Å²) in [7, 11) is 1.96. The first kappa shape index (κ1) is 23.6. The third-order valence-corrected chi connectivity index (χ3v) is 4.56. The summed E-state index contributed by atoms with van der Waals surface area (Å²) >= 11 is 0. The van der Waals surface area contributed by atoms with Crippen molar-refractivity contribution in [3.8, 4) is 0 Å². The highest BCUT2D eigenvalue weighted by molar-refractivity contribution is 5.43. The summed E-state index contributed by atoms with van der Waals surface area (Å²) in [5, 5.41) is 9.15. The first-order chi connectivity index (χ1) is 14.3. The summed E-state index contributed by atoms with van der Waals surface area (Å²) < 4.78 is 32.7. The van der Waals surface area contributed by atoms with Crippen molar-refractivity contribution in [2.75, 3.05) is 18.0 Å². The molecule has 30 heavy (non-hydrogen) atoms. The number of anilines is 1. The van der Waals surface area contributed by atoms with Crippen LogP contribution in [0.1, 0.15) is 49.7 Å². The van der Waals surface area contributed by atoms with Crippen LogP contribution < -0.4 is 4.90 Å². The number of halogens is 3. The summed E-state index contributed by atoms with van der Waals surface area (Å²) in [6, 6.07) is 0. The molecule has 166 valence electrons. The van der Waals surface area contributed by atoms with Crippen molar-refractivity contribution in [2.24, 2.45) is 7.05 Å². The molecule has 0 atom stereocenters. The summed E-state index contributed by atoms with van der Waals surface area (Å²) in [6.45, 7) is 6.40. The SMILES string of the molecule is CC.Cc1ncc(C)n2nc(CCc3nc(N4CCCC4)nn3C)nc12.FC(F)F. The Balaban J connectivity index is 0.000000481. The van der Waals surface area contributed by atoms with Crippen molar-refractivity contribution in [3.63, 3.8) is 0 Å². The molecule has 0 bridgehead atoms. The number of aromatic nitrogens is 7. The Hall–Kier alpha value is -2.72. The Kier molecular flexibility index (Phi) is 8.55. The van der Waals surface area contributed by atoms with E-state index in [2.05, 4.69) is 25.1 Å². The fourth-order valence-corrected chi connectivity index (χ4v) is 3.14. The van der Waals surface area contributed by atoms with E-state index >= 15 is 0 Å². The first-order valence-electron chi connectivity index (χ1n) is 10.1. The van der Waals surface area contributed by atoms with Gasteiger partial charge in [-0.2, -0.15) is 23.3 Å². The fraction of sp³-hybridized carbons (Fsp3) is 0.632. The molecule has 1 fully saturated rings. The van der Waals surface area contributed by atoms with Crippen LogP contribution in [0.4, 0.5) is 19.1 Å². The van der Waals surface area contributed by atoms with Crippen LogP contribution in [0.25, 0.3) is 5.65 Å². The number of aryl methyl sites for hydroxylation is 5. The molecule has 4 rings (SSSR count). The fourth-order valence-electron chi connectivity index (χ4n) is 3.14. The van der Waals surface area contributed by atoms with E-state index < -0.39 is 6.68 Å². The summed E-state index contributed by atoms with van der Waals surface area (Å²) in [5.74, 6) is 2.64. The molecule has 0 spiro atoms. The normalized spacial score (nSPS) is 13.3. The Bertz CT molecular complexity index is 890. The lowest BCUT2D eigenvalue weighted by Gasteiger charge is -2.10. The molecule has 0 aromatic carbocycles. The van der Waals surface area contributed by atoms with Crippen LogP contribution in [0.5, 0.6) is 0 Å². The van der Waals surface area contributed by atoms with Crippen LogP contribution >= 0.6 is 0 Å². The molecule has 4 heterocycles. The second-order valence-electron chi connectivity index (χ2n) is 6.64. The van der Waals surface area contributed by atoms with Crippen LogP contribution in [0, 0.1) is 13.8 Å². The lowest BCUT2D eigenvalue weighted by molar-refractivity contribution is 0.00819. The van der Waals surface area contributed by atoms with Crippen molar-refractivity contribution in [3.05, 3.63) is 29.2 Å². The average molecular weight is 426 g/mol. The number of rotatable bonds is 4. The zero-order chi connectivity index (χ0) is 22.3. The minimum atomic E-state index is -3.67. The minimum absolute atomic E-state index is 0.743. The maximum Gasteiger partial charge on any atom is 0.379 e. The lowest BCUT2D eigenvalue weighted by Crippen LogP contribution is -2.19. The third-order valence-electron chi connectivity index (χ3n) is 4.56. The van der Waals surface area contributed by atoms with Gasteiger partial charge < -0.3 is 4.90 Å². The quantitative estimate of drug-likeness (QED) is 0.636. The lowest BCUT2D eigenvalue weighted by atomic mass is 10.3. The maximum atomic E-state index is 9.67. The predicted octanol–water partition coefficient (Wildman–Crippen LogP) is 3.46. The van der Waals surface area contributed by atoms with Crippen LogP contribution in [0.15, 0.2) is 6.20 Å². The van der Waals surface area contributed by atoms with E-state index in [1.807, 2.05) is 50.1 Å². The molecule has 0 radical (unpaired) electrons. The molecule has 0 aliphatic carbocycles. The molecule has 1 aliphatic heterocycles. The molecule has 0 saturated carbocycles. The molecule has 3 aromatic rings. The van der Waals surface area contributed by atoms with Gasteiger partial charge in [0.05, 0.1) is 11.4 Å². The molecule has 0 N–H and O–H groups in total. The topological polar surface area (TPSA) is 77.0 Å². The number of fused-ring (bicyclic) bond motifs is 1. The van der Waals surface area contributed by atoms with Gasteiger partial charge in [-0.1, -0.05) is 13.8 Å². The number of nitrogens with zero attached hydrogens (tertiary/aromatic N) is 8. The number of hydrogen-bond donors (Lipinski definition) is 0. The Morgan fingerprint density at radius 3 is 2.23 bits per heavy atom. The highest BCUT2D eigenvalue weighted by Gasteiger charge is 2.18. The Morgan fingerprint density at radius 2 is 1.63 bits per heavy atom. The zero-order valence-corrected chi connectivity index (χ0v) is 18.1. The van der Waals surface area contributed by atoms with E-state index in [1.54, 1.807) is 0 Å². The van der Waals surface area contributed by atoms with Crippen LogP contribution in [0.3, 0.4) is 0 Å². The standard InChI is InChI=1S/C16H22N8.C2H6.CHF3/c1-11-10-17-12(2)15-18-13(20-24(11)15)6-7-14-19-16(21-22(14)3)23-8-4-5-9-23;1-2;2-1(3)4/h10H,4-9H2,1-3H3;1-2H3;1H. The van der Waals surface area contributed by atoms with Crippen molar-refractivity contribution in [1.29, 1.82) is 0 Å². The first-order valence-corrected chi connectivity index (χ1v) is 10.1. The van der Waals surface area contributed by atoms with Gasteiger partial charge in [0.15, 0.2) is 11.5 Å². The Labute approximate surface area is 174 Å². The van der Waals surface area contributed by atoms with Gasteiger partial charge in [-0.3, -0.25) is 9.67 Å². The van der Waals surface area contributed by atoms with Gasteiger partial charge in [0.2, 0.25) is 5.95 Å². The van der Waals surface area contributed by atoms with Crippen molar-refractivity contribution in [1.82, 2.24) is 34.3 Å². The zero-order valence-electron chi connectivity index (χ0n) is 18.1. The van der Waals surface area contributed by atoms with E-state index in [-0.39, 0.29) is 0 Å². The van der Waals surface area contributed by atoms with Crippen LogP contribution in [-0.2, 0) is 19.9 Å². The molecule has 0 amide bonds. The van der Waals surface area contributed by atoms with Gasteiger partial charge in [-0.25, -0.2) is 9.50 Å². The van der Waals surface area contributed by atoms with Gasteiger partial charge in [-0.05, 0) is 26.7 Å². The smallest absolute Gasteiger partial charge is 0.340 e. The highest BCUT2D eigenvalue weighted by atomic mass is 19.4. The van der Waals surface area contributed by atoms with Crippen molar-refractivity contribution < 1.29 is 13.2 Å². The third kappa shape index (κ3) is 5.90. The van der Waals surface area contributed by atoms with E-state index in [9.17, 15) is 13.2 Å². The highest BCUT2D eigenvalue weighted by Crippen LogP contribution is 2.17. The minimum Gasteiger partial charge on any atom is -0.340 e. The summed E-state index contributed by atoms with van der Waals surface area (Å²) in [5.41, 5.74) is 2.72. The monoisotopic (exact) mass is 426 g/mol. The van der Waals surface area contributed by atoms with E-state index in [0.717, 1.165) is 60.6 Å². The number of alkyl halides is 3. The van der Waals surface area contributed by atoms with E-state index in [0.29, 0.717) is 0 Å². The number of hydrogen-bond acceptors (Lipinski definition) is 6. The molecule has 1 aliphatic rings. The van der Waals surface area contributed by atoms with Gasteiger partial charge in [-0.15, -0.1) is 5.10 Å². The molecule has 3 aromatic heterocycles. The predicted molar refractivity (Wildman–Crippen MR) is 109 cm³/mol. The van der Waals surface area contributed by atoms with Crippen molar-refractivity contribution in [2.45, 2.75) is 60.1 Å². The molecular formula is C19H29F3N8. The summed E-state index contributed by atoms with van der Waals surface area (Å²) in [6.07, 6.45) is 5.80. The van der Waals surface area contributed by atoms with Crippen molar-refractivity contribution >= 4 is 11.6 Å². The molecule has 1 saturated heterocycles. The maximum absolute atomic E-state index is 9.67. The molecule has 8 nitrogen and oxygen atoms in total. The van der Waals surface area contributed by atoms with Gasteiger partial charge in [0.1, 0.15) is 5.82 Å². The second-order valence-corrected chi connectivity index (χ2v) is 6.64. The largest absolute Gasteiger partial charge is 0.379 e. The molecular weight excluding hydrogens is 397 g/mol. The molecule has 0 unspecified atom stereocenters. The van der Waals surface area contributed by atoms with E-state index in [1.165, 1.54) is 12.8 Å². The van der Waals surface area contributed by atoms with Gasteiger partial charge >= 0.3 is 6.68 Å². The Morgan fingerprint density at radius 1 is 1.00 bits per heavy atom. The average Bonchev–Trinajstić information content (AvgIpc) is 3.44. The summed E-state index contributed by atoms with van der Waals surface area (Å²) in [4.78, 5) is 15.9. The van der Waals surface area contributed by atoms with Crippen LogP contribution in [0.2, 0.25) is 0 Å².